The molecule has 0 saturated heterocycles. The Hall–Kier alpha value is -16.6. The van der Waals surface area contributed by atoms with Crippen molar-refractivity contribution >= 4 is 207 Å². The van der Waals surface area contributed by atoms with Crippen molar-refractivity contribution in [1.82, 2.24) is 22.2 Å². The van der Waals surface area contributed by atoms with Crippen LogP contribution in [-0.2, 0) is 21.7 Å². The van der Waals surface area contributed by atoms with Gasteiger partial charge in [-0.05, 0) is 231 Å². The molecule has 0 bridgehead atoms. The summed E-state index contributed by atoms with van der Waals surface area (Å²) >= 11 is 0. The molecule has 0 fully saturated rings. The Morgan fingerprint density at radius 3 is 1.01 bits per heavy atom. The lowest BCUT2D eigenvalue weighted by atomic mass is 9.82. The van der Waals surface area contributed by atoms with Gasteiger partial charge in [-0.1, -0.05) is 341 Å². The van der Waals surface area contributed by atoms with Crippen molar-refractivity contribution in [1.29, 1.82) is 0 Å². The van der Waals surface area contributed by atoms with Crippen molar-refractivity contribution in [2.75, 3.05) is 0 Å². The molecule has 5 nitrogen and oxygen atoms in total. The topological polar surface area (TPSA) is 22.6 Å². The fourth-order valence-corrected chi connectivity index (χ4v) is 27.3. The fourth-order valence-electron chi connectivity index (χ4n) is 27.3. The number of hydrogen-bond donors (Lipinski definition) is 0. The highest BCUT2D eigenvalue weighted by Gasteiger charge is 2.42. The summed E-state index contributed by atoms with van der Waals surface area (Å²) in [7, 11) is 0. The van der Waals surface area contributed by atoms with Crippen LogP contribution >= 0.6 is 0 Å². The standard InChI is InChI=1S/C39H26N2.3C31H21N/c1-39(2)31-17-9-6-14-24(31)27-20-28-30-21-29-25-15-7-10-18-33(25)40(23-12-4-3-5-13-23)37(29)36-26-16-8-11-19-34(26)41(38(30)36)35(28)22-32(27)39;1-31(2)25-13-7-5-11-20(25)22-16-24-28(17-26(22)31)32-27-14-8-6-12-21(27)23-15-18-9-3-4-10-19(18)29(24)30(23)32;1-31(2)26-13-6-5-10-20(26)23-16-25-22-12-7-11-21-24-14-18-8-3-4-9-19(18)15-28(24)32(30(21)22)29(25)17-27(23)31;1-31(2)25-13-6-5-10-20(25)23-16-24-21-11-7-12-22-29-19-9-4-3-8-18(19)14-15-27(29)32(30(21)22)28(24)17-26(23)31/h3-22H,1-2H3;3*3-17H,1-2H3. The molecular formula is C132H89N5. The smallest absolute Gasteiger partial charge is 0.0642 e. The third kappa shape index (κ3) is 9.58. The summed E-state index contributed by atoms with van der Waals surface area (Å²) in [5.74, 6) is 0. The third-order valence-corrected chi connectivity index (χ3v) is 33.5. The normalized spacial score (nSPS) is 14.7. The SMILES string of the molecule is CC1(C)c2ccccc2-c2cc3c4c5ccccc5cc5c6ccccc6n(c3cc21)c54.CC1(C)c2ccccc2-c2cc3c4cc5c6ccccc6n(-c6ccccc6)c5c5c6ccccc6n(c3cc21)c45.CC1(C)c2ccccc2-c2cc3c4cccc5c6c7ccccc7ccc6n(c3cc21)c45.CC1(C)c2ccccc2-c2cc3c4cccc5c6cc7ccccc7cc6n(c3cc21)c45. The highest BCUT2D eigenvalue weighted by Crippen LogP contribution is 2.59. The molecular weight excluding hydrogens is 1660 g/mol. The molecule has 0 spiro atoms. The summed E-state index contributed by atoms with van der Waals surface area (Å²) in [5.41, 5.74) is 42.0. The van der Waals surface area contributed by atoms with Crippen LogP contribution in [-0.4, -0.2) is 22.2 Å². The van der Waals surface area contributed by atoms with Crippen molar-refractivity contribution in [3.05, 3.63) is 439 Å². The zero-order chi connectivity index (χ0) is 90.6. The van der Waals surface area contributed by atoms with Crippen molar-refractivity contribution in [3.8, 4) is 50.2 Å². The van der Waals surface area contributed by atoms with E-state index in [1.54, 1.807) is 0 Å². The Kier molecular flexibility index (Phi) is 14.6. The van der Waals surface area contributed by atoms with Crippen LogP contribution in [0, 0.1) is 0 Å². The van der Waals surface area contributed by atoms with E-state index in [0.717, 1.165) is 0 Å². The maximum atomic E-state index is 2.54. The van der Waals surface area contributed by atoms with Gasteiger partial charge in [-0.15, -0.1) is 0 Å². The molecule has 137 heavy (non-hydrogen) atoms. The van der Waals surface area contributed by atoms with Crippen molar-refractivity contribution in [3.63, 3.8) is 0 Å². The zero-order valence-electron chi connectivity index (χ0n) is 77.3. The molecule has 0 N–H and O–H groups in total. The number of para-hydroxylation sites is 6. The number of aromatic nitrogens is 5. The predicted molar refractivity (Wildman–Crippen MR) is 582 cm³/mol. The Labute approximate surface area is 789 Å². The first-order valence-electron chi connectivity index (χ1n) is 48.6. The van der Waals surface area contributed by atoms with Gasteiger partial charge in [0.1, 0.15) is 0 Å². The van der Waals surface area contributed by atoms with Crippen LogP contribution in [0.2, 0.25) is 0 Å². The van der Waals surface area contributed by atoms with Crippen LogP contribution in [0.3, 0.4) is 0 Å². The Bertz CT molecular complexity index is 10500. The minimum Gasteiger partial charge on any atom is -0.309 e. The molecule has 642 valence electrons. The zero-order valence-corrected chi connectivity index (χ0v) is 77.3. The highest BCUT2D eigenvalue weighted by atomic mass is 15.0. The third-order valence-electron chi connectivity index (χ3n) is 33.5. The number of benzene rings is 21. The Morgan fingerprint density at radius 1 is 0.146 bits per heavy atom. The van der Waals surface area contributed by atoms with E-state index in [-0.39, 0.29) is 21.7 Å². The first-order chi connectivity index (χ1) is 67.0. The van der Waals surface area contributed by atoms with E-state index in [1.807, 2.05) is 0 Å². The van der Waals surface area contributed by atoms with Crippen LogP contribution in [0.1, 0.15) is 99.9 Å². The van der Waals surface area contributed by atoms with E-state index in [2.05, 4.69) is 472 Å². The molecule has 0 amide bonds. The van der Waals surface area contributed by atoms with Gasteiger partial charge in [-0.25, -0.2) is 0 Å². The van der Waals surface area contributed by atoms with E-state index in [9.17, 15) is 0 Å². The second-order valence-corrected chi connectivity index (χ2v) is 41.6. The molecule has 5 heteroatoms. The Balaban J connectivity index is 0.0000000853. The lowest BCUT2D eigenvalue weighted by molar-refractivity contribution is 0.661. The average molecular weight is 1750 g/mol. The predicted octanol–water partition coefficient (Wildman–Crippen LogP) is 35.1. The first kappa shape index (κ1) is 75.9. The number of fused-ring (bicyclic) bond motifs is 45. The number of nitrogens with zero attached hydrogens (tertiary/aromatic N) is 5. The van der Waals surface area contributed by atoms with Crippen molar-refractivity contribution in [2.24, 2.45) is 0 Å². The quantitative estimate of drug-likeness (QED) is 0.156. The molecule has 9 aromatic heterocycles. The molecule has 0 unspecified atom stereocenters. The van der Waals surface area contributed by atoms with Gasteiger partial charge >= 0.3 is 0 Å². The van der Waals surface area contributed by atoms with E-state index < -0.39 is 0 Å². The summed E-state index contributed by atoms with van der Waals surface area (Å²) in [6.07, 6.45) is 0. The second kappa shape index (κ2) is 26.3. The average Bonchev–Trinajstić information content (AvgIpc) is 1.49. The second-order valence-electron chi connectivity index (χ2n) is 41.6. The summed E-state index contributed by atoms with van der Waals surface area (Å²) in [4.78, 5) is 0. The van der Waals surface area contributed by atoms with Gasteiger partial charge in [-0.3, -0.25) is 0 Å². The van der Waals surface area contributed by atoms with Crippen LogP contribution in [0.4, 0.5) is 0 Å². The van der Waals surface area contributed by atoms with Crippen LogP contribution in [0.5, 0.6) is 0 Å². The minimum absolute atomic E-state index is 0.000128. The van der Waals surface area contributed by atoms with E-state index in [0.29, 0.717) is 0 Å². The van der Waals surface area contributed by atoms with Crippen LogP contribution in [0.25, 0.3) is 257 Å². The minimum atomic E-state index is -0.0391. The summed E-state index contributed by atoms with van der Waals surface area (Å²) in [5, 5.41) is 32.1. The fraction of sp³-hybridized carbons (Fsp3) is 0.0909. The maximum absolute atomic E-state index is 2.54. The summed E-state index contributed by atoms with van der Waals surface area (Å²) in [6.45, 7) is 18.9. The number of rotatable bonds is 1. The van der Waals surface area contributed by atoms with Gasteiger partial charge in [0.05, 0.1) is 77.2 Å². The molecule has 4 aliphatic rings. The van der Waals surface area contributed by atoms with Gasteiger partial charge in [0, 0.05) is 124 Å². The largest absolute Gasteiger partial charge is 0.309 e. The molecule has 0 atom stereocenters. The molecule has 0 radical (unpaired) electrons. The van der Waals surface area contributed by atoms with Crippen LogP contribution < -0.4 is 0 Å². The van der Waals surface area contributed by atoms with E-state index in [1.165, 1.54) is 301 Å². The van der Waals surface area contributed by atoms with Gasteiger partial charge in [-0.2, -0.15) is 0 Å². The van der Waals surface area contributed by atoms with Gasteiger partial charge in [0.15, 0.2) is 0 Å². The van der Waals surface area contributed by atoms with Gasteiger partial charge in [0.2, 0.25) is 0 Å². The van der Waals surface area contributed by atoms with Crippen molar-refractivity contribution < 1.29 is 0 Å². The molecule has 0 aliphatic heterocycles. The Morgan fingerprint density at radius 2 is 0.474 bits per heavy atom. The van der Waals surface area contributed by atoms with Gasteiger partial charge < -0.3 is 22.2 Å². The molecule has 34 rings (SSSR count). The van der Waals surface area contributed by atoms with E-state index >= 15 is 0 Å². The molecule has 9 heterocycles. The number of hydrogen-bond acceptors (Lipinski definition) is 0. The van der Waals surface area contributed by atoms with E-state index in [4.69, 9.17) is 0 Å². The maximum Gasteiger partial charge on any atom is 0.0642 e. The monoisotopic (exact) mass is 1740 g/mol. The highest BCUT2D eigenvalue weighted by molar-refractivity contribution is 6.37. The summed E-state index contributed by atoms with van der Waals surface area (Å²) in [6, 6.07) is 147. The molecule has 30 aromatic rings. The molecule has 4 aliphatic carbocycles. The molecule has 0 saturated carbocycles. The molecule has 21 aromatic carbocycles. The van der Waals surface area contributed by atoms with Gasteiger partial charge in [0.25, 0.3) is 0 Å². The van der Waals surface area contributed by atoms with Crippen LogP contribution in [0.15, 0.2) is 394 Å². The summed E-state index contributed by atoms with van der Waals surface area (Å²) < 4.78 is 12.6. The van der Waals surface area contributed by atoms with Crippen molar-refractivity contribution in [2.45, 2.75) is 77.0 Å². The lowest BCUT2D eigenvalue weighted by Gasteiger charge is -2.21. The lowest BCUT2D eigenvalue weighted by Crippen LogP contribution is -2.14. The first-order valence-corrected chi connectivity index (χ1v) is 48.6.